The molecule has 0 aromatic heterocycles. The minimum Gasteiger partial charge on any atom is -0.367 e. The Kier molecular flexibility index (Phi) is 4.74. The van der Waals surface area contributed by atoms with Crippen LogP contribution in [0.3, 0.4) is 0 Å². The third-order valence-corrected chi connectivity index (χ3v) is 4.88. The smallest absolute Gasteiger partial charge is 0.146 e. The lowest BCUT2D eigenvalue weighted by Gasteiger charge is -2.38. The highest BCUT2D eigenvalue weighted by Crippen LogP contribution is 2.34. The van der Waals surface area contributed by atoms with Crippen LogP contribution in [0.25, 0.3) is 0 Å². The molecule has 0 spiro atoms. The molecule has 0 bridgehead atoms. The van der Waals surface area contributed by atoms with Crippen LogP contribution in [0.4, 0.5) is 10.1 Å². The maximum atomic E-state index is 14.3. The zero-order valence-corrected chi connectivity index (χ0v) is 12.9. The van der Waals surface area contributed by atoms with Gasteiger partial charge in [-0.1, -0.05) is 26.0 Å². The van der Waals surface area contributed by atoms with Crippen LogP contribution in [-0.2, 0) is 0 Å². The molecule has 3 unspecified atom stereocenters. The molecule has 106 valence electrons. The largest absolute Gasteiger partial charge is 0.367 e. The standard InChI is InChI=1S/C15H23FN2S/c1-10-8-18(9-11(2)19-10)15-13(12(3)17-4)6-5-7-14(15)16/h5-7,10-12,17H,8-9H2,1-4H3. The monoisotopic (exact) mass is 282 g/mol. The molecule has 1 saturated heterocycles. The number of benzene rings is 1. The Balaban J connectivity index is 2.37. The molecule has 2 nitrogen and oxygen atoms in total. The summed E-state index contributed by atoms with van der Waals surface area (Å²) in [6.07, 6.45) is 0. The van der Waals surface area contributed by atoms with Crippen molar-refractivity contribution in [3.05, 3.63) is 29.6 Å². The van der Waals surface area contributed by atoms with Gasteiger partial charge in [0.25, 0.3) is 0 Å². The first-order valence-electron chi connectivity index (χ1n) is 6.89. The van der Waals surface area contributed by atoms with E-state index in [9.17, 15) is 4.39 Å². The van der Waals surface area contributed by atoms with Gasteiger partial charge in [0.1, 0.15) is 5.82 Å². The average Bonchev–Trinajstić information content (AvgIpc) is 2.36. The van der Waals surface area contributed by atoms with Crippen LogP contribution >= 0.6 is 11.8 Å². The van der Waals surface area contributed by atoms with Crippen LogP contribution < -0.4 is 10.2 Å². The van der Waals surface area contributed by atoms with Gasteiger partial charge in [0.05, 0.1) is 5.69 Å². The molecule has 0 aliphatic carbocycles. The zero-order valence-electron chi connectivity index (χ0n) is 12.1. The molecule has 4 heteroatoms. The molecule has 0 radical (unpaired) electrons. The van der Waals surface area contributed by atoms with Crippen molar-refractivity contribution in [3.8, 4) is 0 Å². The first-order valence-corrected chi connectivity index (χ1v) is 7.83. The first kappa shape index (κ1) is 14.7. The Bertz CT molecular complexity index is 428. The second kappa shape index (κ2) is 6.14. The summed E-state index contributed by atoms with van der Waals surface area (Å²) in [5, 5.41) is 4.30. The van der Waals surface area contributed by atoms with Crippen molar-refractivity contribution in [1.82, 2.24) is 5.32 Å². The quantitative estimate of drug-likeness (QED) is 0.914. The number of para-hydroxylation sites is 1. The fraction of sp³-hybridized carbons (Fsp3) is 0.600. The highest BCUT2D eigenvalue weighted by atomic mass is 32.2. The maximum Gasteiger partial charge on any atom is 0.146 e. The molecule has 2 rings (SSSR count). The zero-order chi connectivity index (χ0) is 14.0. The molecule has 0 amide bonds. The molecule has 1 aromatic carbocycles. The lowest BCUT2D eigenvalue weighted by molar-refractivity contribution is 0.591. The molecule has 0 saturated carbocycles. The fourth-order valence-electron chi connectivity index (χ4n) is 2.73. The highest BCUT2D eigenvalue weighted by Gasteiger charge is 2.26. The summed E-state index contributed by atoms with van der Waals surface area (Å²) in [4.78, 5) is 2.21. The summed E-state index contributed by atoms with van der Waals surface area (Å²) in [6, 6.07) is 5.55. The van der Waals surface area contributed by atoms with Crippen molar-refractivity contribution in [2.75, 3.05) is 25.0 Å². The number of rotatable bonds is 3. The second-order valence-electron chi connectivity index (χ2n) is 5.35. The van der Waals surface area contributed by atoms with E-state index in [1.165, 1.54) is 0 Å². The van der Waals surface area contributed by atoms with Gasteiger partial charge in [-0.3, -0.25) is 0 Å². The minimum absolute atomic E-state index is 0.106. The minimum atomic E-state index is -0.106. The van der Waals surface area contributed by atoms with E-state index in [0.717, 1.165) is 24.3 Å². The Hall–Kier alpha value is -0.740. The third kappa shape index (κ3) is 3.23. The maximum absolute atomic E-state index is 14.3. The predicted molar refractivity (Wildman–Crippen MR) is 82.6 cm³/mol. The lowest BCUT2D eigenvalue weighted by Crippen LogP contribution is -2.41. The van der Waals surface area contributed by atoms with E-state index in [0.29, 0.717) is 10.5 Å². The SMILES string of the molecule is CNC(C)c1cccc(F)c1N1CC(C)SC(C)C1. The van der Waals surface area contributed by atoms with E-state index in [4.69, 9.17) is 0 Å². The number of nitrogens with zero attached hydrogens (tertiary/aromatic N) is 1. The van der Waals surface area contributed by atoms with Gasteiger partial charge in [0.2, 0.25) is 0 Å². The molecular weight excluding hydrogens is 259 g/mol. The first-order chi connectivity index (χ1) is 9.02. The lowest BCUT2D eigenvalue weighted by atomic mass is 10.0. The molecule has 1 fully saturated rings. The van der Waals surface area contributed by atoms with Crippen LogP contribution in [0.5, 0.6) is 0 Å². The van der Waals surface area contributed by atoms with E-state index < -0.39 is 0 Å². The van der Waals surface area contributed by atoms with Crippen molar-refractivity contribution in [1.29, 1.82) is 0 Å². The average molecular weight is 282 g/mol. The highest BCUT2D eigenvalue weighted by molar-refractivity contribution is 8.00. The molecular formula is C15H23FN2S. The van der Waals surface area contributed by atoms with E-state index in [-0.39, 0.29) is 11.9 Å². The molecule has 3 atom stereocenters. The molecule has 1 heterocycles. The summed E-state index contributed by atoms with van der Waals surface area (Å²) in [6.45, 7) is 8.34. The topological polar surface area (TPSA) is 15.3 Å². The van der Waals surface area contributed by atoms with Gasteiger partial charge in [-0.25, -0.2) is 4.39 Å². The van der Waals surface area contributed by atoms with Gasteiger partial charge >= 0.3 is 0 Å². The summed E-state index contributed by atoms with van der Waals surface area (Å²) in [7, 11) is 1.91. The van der Waals surface area contributed by atoms with E-state index in [1.807, 2.05) is 24.9 Å². The Morgan fingerprint density at radius 2 is 1.95 bits per heavy atom. The van der Waals surface area contributed by atoms with Gasteiger partial charge in [0.15, 0.2) is 0 Å². The van der Waals surface area contributed by atoms with E-state index >= 15 is 0 Å². The van der Waals surface area contributed by atoms with Crippen molar-refractivity contribution in [2.24, 2.45) is 0 Å². The number of hydrogen-bond donors (Lipinski definition) is 1. The summed E-state index contributed by atoms with van der Waals surface area (Å²) in [5.41, 5.74) is 1.83. The Labute approximate surface area is 119 Å². The third-order valence-electron chi connectivity index (χ3n) is 3.65. The van der Waals surface area contributed by atoms with Crippen LogP contribution in [0.1, 0.15) is 32.4 Å². The number of anilines is 1. The predicted octanol–water partition coefficient (Wildman–Crippen LogP) is 3.44. The van der Waals surface area contributed by atoms with Gasteiger partial charge in [-0.2, -0.15) is 11.8 Å². The summed E-state index contributed by atoms with van der Waals surface area (Å²) < 4.78 is 14.3. The second-order valence-corrected chi connectivity index (χ2v) is 7.23. The van der Waals surface area contributed by atoms with Gasteiger partial charge in [-0.05, 0) is 25.6 Å². The van der Waals surface area contributed by atoms with Crippen LogP contribution in [0.15, 0.2) is 18.2 Å². The van der Waals surface area contributed by atoms with Gasteiger partial charge < -0.3 is 10.2 Å². The number of thioether (sulfide) groups is 1. The van der Waals surface area contributed by atoms with E-state index in [1.54, 1.807) is 12.1 Å². The van der Waals surface area contributed by atoms with Gasteiger partial charge in [-0.15, -0.1) is 0 Å². The molecule has 1 aliphatic rings. The van der Waals surface area contributed by atoms with Crippen LogP contribution in [0.2, 0.25) is 0 Å². The fourth-order valence-corrected chi connectivity index (χ4v) is 4.06. The normalized spacial score (nSPS) is 25.4. The number of nitrogens with one attached hydrogen (secondary N) is 1. The summed E-state index contributed by atoms with van der Waals surface area (Å²) in [5.74, 6) is -0.106. The van der Waals surface area contributed by atoms with Crippen molar-refractivity contribution >= 4 is 17.4 Å². The Morgan fingerprint density at radius 3 is 2.53 bits per heavy atom. The van der Waals surface area contributed by atoms with E-state index in [2.05, 4.69) is 31.0 Å². The summed E-state index contributed by atoms with van der Waals surface area (Å²) >= 11 is 1.99. The molecule has 1 aromatic rings. The van der Waals surface area contributed by atoms with Crippen molar-refractivity contribution in [2.45, 2.75) is 37.3 Å². The van der Waals surface area contributed by atoms with Crippen molar-refractivity contribution < 1.29 is 4.39 Å². The molecule has 19 heavy (non-hydrogen) atoms. The Morgan fingerprint density at radius 1 is 1.32 bits per heavy atom. The van der Waals surface area contributed by atoms with Crippen molar-refractivity contribution in [3.63, 3.8) is 0 Å². The molecule has 1 aliphatic heterocycles. The molecule has 1 N–H and O–H groups in total. The van der Waals surface area contributed by atoms with Gasteiger partial charge in [0, 0.05) is 29.6 Å². The van der Waals surface area contributed by atoms with Crippen LogP contribution in [0, 0.1) is 5.82 Å². The number of halogens is 1. The van der Waals surface area contributed by atoms with Crippen LogP contribution in [-0.4, -0.2) is 30.6 Å². The number of hydrogen-bond acceptors (Lipinski definition) is 3.